The molecule has 2 nitrogen and oxygen atoms in total. The molecule has 0 aliphatic heterocycles. The molecular formula is C13H24O2. The fourth-order valence-corrected chi connectivity index (χ4v) is 2.59. The molecule has 0 aromatic carbocycles. The maximum Gasteiger partial charge on any atom is 0.303 e. The van der Waals surface area contributed by atoms with Gasteiger partial charge in [0.2, 0.25) is 0 Å². The largest absolute Gasteiger partial charge is 0.459 e. The lowest BCUT2D eigenvalue weighted by atomic mass is 9.79. The van der Waals surface area contributed by atoms with Crippen molar-refractivity contribution in [1.82, 2.24) is 0 Å². The van der Waals surface area contributed by atoms with Crippen LogP contribution in [0.3, 0.4) is 0 Å². The lowest BCUT2D eigenvalue weighted by Crippen LogP contribution is -2.40. The van der Waals surface area contributed by atoms with Crippen molar-refractivity contribution >= 4 is 5.97 Å². The number of esters is 1. The van der Waals surface area contributed by atoms with E-state index in [1.807, 2.05) is 0 Å². The van der Waals surface area contributed by atoms with Gasteiger partial charge in [0, 0.05) is 6.92 Å². The third kappa shape index (κ3) is 3.51. The number of hydrogen-bond acceptors (Lipinski definition) is 2. The van der Waals surface area contributed by atoms with E-state index >= 15 is 0 Å². The van der Waals surface area contributed by atoms with Gasteiger partial charge in [-0.15, -0.1) is 0 Å². The van der Waals surface area contributed by atoms with Crippen molar-refractivity contribution in [2.24, 2.45) is 5.92 Å². The van der Waals surface area contributed by atoms with Gasteiger partial charge in [-0.3, -0.25) is 4.79 Å². The molecule has 1 aliphatic rings. The van der Waals surface area contributed by atoms with Crippen LogP contribution in [0.4, 0.5) is 0 Å². The summed E-state index contributed by atoms with van der Waals surface area (Å²) < 4.78 is 5.64. The summed E-state index contributed by atoms with van der Waals surface area (Å²) in [5, 5.41) is 0. The van der Waals surface area contributed by atoms with Crippen LogP contribution in [0.1, 0.15) is 65.7 Å². The van der Waals surface area contributed by atoms with E-state index in [4.69, 9.17) is 4.74 Å². The molecule has 1 rings (SSSR count). The Morgan fingerprint density at radius 3 is 1.93 bits per heavy atom. The molecule has 0 atom stereocenters. The lowest BCUT2D eigenvalue weighted by molar-refractivity contribution is -0.165. The molecule has 0 aromatic rings. The molecular weight excluding hydrogens is 188 g/mol. The average molecular weight is 212 g/mol. The maximum absolute atomic E-state index is 11.2. The highest BCUT2D eigenvalue weighted by molar-refractivity contribution is 5.66. The van der Waals surface area contributed by atoms with E-state index in [1.54, 1.807) is 0 Å². The van der Waals surface area contributed by atoms with Crippen LogP contribution in [0.5, 0.6) is 0 Å². The minimum absolute atomic E-state index is 0.121. The lowest BCUT2D eigenvalue weighted by Gasteiger charge is -2.38. The van der Waals surface area contributed by atoms with E-state index in [0.29, 0.717) is 5.92 Å². The molecule has 15 heavy (non-hydrogen) atoms. The minimum Gasteiger partial charge on any atom is -0.459 e. The van der Waals surface area contributed by atoms with Crippen LogP contribution in [-0.4, -0.2) is 11.6 Å². The van der Waals surface area contributed by atoms with Gasteiger partial charge in [0.15, 0.2) is 0 Å². The van der Waals surface area contributed by atoms with E-state index in [1.165, 1.54) is 39.0 Å². The molecule has 0 spiro atoms. The van der Waals surface area contributed by atoms with E-state index in [2.05, 4.69) is 13.8 Å². The van der Waals surface area contributed by atoms with Gasteiger partial charge < -0.3 is 4.74 Å². The Kier molecular flexibility index (Phi) is 4.62. The Bertz CT molecular complexity index is 201. The highest BCUT2D eigenvalue weighted by Crippen LogP contribution is 2.35. The number of hydrogen-bond donors (Lipinski definition) is 0. The summed E-state index contributed by atoms with van der Waals surface area (Å²) in [6, 6.07) is 0. The normalized spacial score (nSPS) is 21.9. The number of rotatable bonds is 2. The Morgan fingerprint density at radius 1 is 1.07 bits per heavy atom. The maximum atomic E-state index is 11.2. The Morgan fingerprint density at radius 2 is 1.53 bits per heavy atom. The third-order valence-electron chi connectivity index (χ3n) is 3.60. The molecule has 0 amide bonds. The Labute approximate surface area is 93.4 Å². The highest BCUT2D eigenvalue weighted by atomic mass is 16.6. The topological polar surface area (TPSA) is 26.3 Å². The average Bonchev–Trinajstić information content (AvgIpc) is 2.08. The standard InChI is InChI=1S/C13H24O2/c1-11(2)13(15-12(3)14)9-7-5-4-6-8-10-13/h11H,4-10H2,1-3H3. The zero-order chi connectivity index (χ0) is 11.3. The van der Waals surface area contributed by atoms with Crippen molar-refractivity contribution in [2.75, 3.05) is 0 Å². The second kappa shape index (κ2) is 5.53. The molecule has 0 N–H and O–H groups in total. The number of carbonyl (C=O) groups is 1. The molecule has 2 heteroatoms. The van der Waals surface area contributed by atoms with E-state index in [0.717, 1.165) is 12.8 Å². The zero-order valence-electron chi connectivity index (χ0n) is 10.3. The summed E-state index contributed by atoms with van der Waals surface area (Å²) >= 11 is 0. The van der Waals surface area contributed by atoms with Crippen molar-refractivity contribution in [3.63, 3.8) is 0 Å². The van der Waals surface area contributed by atoms with Gasteiger partial charge in [0.05, 0.1) is 0 Å². The van der Waals surface area contributed by atoms with Crippen molar-refractivity contribution in [2.45, 2.75) is 71.3 Å². The highest BCUT2D eigenvalue weighted by Gasteiger charge is 2.36. The molecule has 0 radical (unpaired) electrons. The molecule has 1 fully saturated rings. The first kappa shape index (κ1) is 12.5. The second-order valence-corrected chi connectivity index (χ2v) is 5.08. The van der Waals surface area contributed by atoms with Crippen molar-refractivity contribution in [1.29, 1.82) is 0 Å². The Hall–Kier alpha value is -0.530. The molecule has 0 bridgehead atoms. The molecule has 0 saturated heterocycles. The minimum atomic E-state index is -0.174. The van der Waals surface area contributed by atoms with Crippen molar-refractivity contribution < 1.29 is 9.53 Å². The zero-order valence-corrected chi connectivity index (χ0v) is 10.3. The van der Waals surface area contributed by atoms with Crippen LogP contribution >= 0.6 is 0 Å². The quantitative estimate of drug-likeness (QED) is 0.652. The van der Waals surface area contributed by atoms with Gasteiger partial charge in [-0.2, -0.15) is 0 Å². The molecule has 88 valence electrons. The third-order valence-corrected chi connectivity index (χ3v) is 3.60. The summed E-state index contributed by atoms with van der Waals surface area (Å²) in [4.78, 5) is 11.2. The van der Waals surface area contributed by atoms with Gasteiger partial charge in [0.1, 0.15) is 5.60 Å². The van der Waals surface area contributed by atoms with Crippen molar-refractivity contribution in [3.05, 3.63) is 0 Å². The van der Waals surface area contributed by atoms with Crippen LogP contribution in [0, 0.1) is 5.92 Å². The molecule has 0 heterocycles. The van der Waals surface area contributed by atoms with Gasteiger partial charge >= 0.3 is 5.97 Å². The van der Waals surface area contributed by atoms with Crippen LogP contribution < -0.4 is 0 Å². The first-order valence-electron chi connectivity index (χ1n) is 6.26. The molecule has 0 unspecified atom stereocenters. The van der Waals surface area contributed by atoms with Crippen molar-refractivity contribution in [3.8, 4) is 0 Å². The monoisotopic (exact) mass is 212 g/mol. The SMILES string of the molecule is CC(=O)OC1(C(C)C)CCCCCCC1. The second-order valence-electron chi connectivity index (χ2n) is 5.08. The smallest absolute Gasteiger partial charge is 0.303 e. The van der Waals surface area contributed by atoms with Crippen LogP contribution in [0.25, 0.3) is 0 Å². The molecule has 1 aliphatic carbocycles. The van der Waals surface area contributed by atoms with E-state index < -0.39 is 0 Å². The van der Waals surface area contributed by atoms with Crippen LogP contribution in [-0.2, 0) is 9.53 Å². The predicted octanol–water partition coefficient (Wildman–Crippen LogP) is 3.69. The van der Waals surface area contributed by atoms with E-state index in [-0.39, 0.29) is 11.6 Å². The van der Waals surface area contributed by atoms with Gasteiger partial charge in [-0.1, -0.05) is 33.1 Å². The van der Waals surface area contributed by atoms with Gasteiger partial charge in [-0.25, -0.2) is 0 Å². The first-order chi connectivity index (χ1) is 7.07. The number of ether oxygens (including phenoxy) is 1. The van der Waals surface area contributed by atoms with Crippen LogP contribution in [0.15, 0.2) is 0 Å². The molecule has 0 aromatic heterocycles. The summed E-state index contributed by atoms with van der Waals surface area (Å²) in [5.74, 6) is 0.309. The van der Waals surface area contributed by atoms with Crippen LogP contribution in [0.2, 0.25) is 0 Å². The van der Waals surface area contributed by atoms with Gasteiger partial charge in [0.25, 0.3) is 0 Å². The number of carbonyl (C=O) groups excluding carboxylic acids is 1. The summed E-state index contributed by atoms with van der Waals surface area (Å²) in [5.41, 5.74) is -0.174. The summed E-state index contributed by atoms with van der Waals surface area (Å²) in [6.07, 6.45) is 8.41. The fraction of sp³-hybridized carbons (Fsp3) is 0.923. The predicted molar refractivity (Wildman–Crippen MR) is 61.7 cm³/mol. The van der Waals surface area contributed by atoms with E-state index in [9.17, 15) is 4.79 Å². The summed E-state index contributed by atoms with van der Waals surface area (Å²) in [6.45, 7) is 5.87. The Balaban J connectivity index is 2.70. The fourth-order valence-electron chi connectivity index (χ4n) is 2.59. The molecule has 1 saturated carbocycles. The first-order valence-corrected chi connectivity index (χ1v) is 6.26. The van der Waals surface area contributed by atoms with Gasteiger partial charge in [-0.05, 0) is 31.6 Å². The summed E-state index contributed by atoms with van der Waals surface area (Å²) in [7, 11) is 0.